The number of hydrogen-bond donors (Lipinski definition) is 3. The van der Waals surface area contributed by atoms with E-state index in [1.54, 1.807) is 32.0 Å². The number of nitrogens with one attached hydrogen (secondary N) is 2. The van der Waals surface area contributed by atoms with Crippen molar-refractivity contribution in [3.05, 3.63) is 57.2 Å². The van der Waals surface area contributed by atoms with Crippen molar-refractivity contribution in [3.8, 4) is 0 Å². The van der Waals surface area contributed by atoms with Gasteiger partial charge in [0.15, 0.2) is 11.2 Å². The van der Waals surface area contributed by atoms with Gasteiger partial charge in [-0.15, -0.1) is 0 Å². The molecule has 30 heavy (non-hydrogen) atoms. The Kier molecular flexibility index (Phi) is 6.33. The van der Waals surface area contributed by atoms with Crippen LogP contribution in [-0.2, 0) is 9.59 Å². The summed E-state index contributed by atoms with van der Waals surface area (Å²) >= 11 is 9.72. The fraction of sp³-hybridized carbons (Fsp3) is 0.238. The molecule has 0 bridgehead atoms. The first-order chi connectivity index (χ1) is 14.2. The number of aromatic nitrogens is 2. The number of oxazole rings is 2. The van der Waals surface area contributed by atoms with E-state index < -0.39 is 11.9 Å². The van der Waals surface area contributed by atoms with E-state index in [2.05, 4.69) is 9.97 Å². The molecular formula is C21H20N2O5S2. The molecule has 0 aliphatic heterocycles. The maximum atomic E-state index is 11.2. The largest absolute Gasteiger partial charge is 0.481 e. The summed E-state index contributed by atoms with van der Waals surface area (Å²) in [4.78, 5) is 28.4. The number of benzene rings is 2. The van der Waals surface area contributed by atoms with E-state index in [-0.39, 0.29) is 11.7 Å². The van der Waals surface area contributed by atoms with Gasteiger partial charge < -0.3 is 23.9 Å². The quantitative estimate of drug-likeness (QED) is 0.338. The van der Waals surface area contributed by atoms with Crippen molar-refractivity contribution in [1.82, 2.24) is 9.97 Å². The summed E-state index contributed by atoms with van der Waals surface area (Å²) in [6.07, 6.45) is 0. The summed E-state index contributed by atoms with van der Waals surface area (Å²) in [5.74, 6) is -1.37. The molecule has 0 saturated carbocycles. The van der Waals surface area contributed by atoms with Crippen molar-refractivity contribution < 1.29 is 23.5 Å². The van der Waals surface area contributed by atoms with E-state index in [0.29, 0.717) is 26.4 Å². The predicted octanol–water partition coefficient (Wildman–Crippen LogP) is 5.86. The maximum absolute atomic E-state index is 11.2. The lowest BCUT2D eigenvalue weighted by Gasteiger charge is -2.06. The fourth-order valence-corrected chi connectivity index (χ4v) is 3.24. The molecule has 3 N–H and O–H groups in total. The van der Waals surface area contributed by atoms with Crippen LogP contribution in [0.1, 0.15) is 43.7 Å². The van der Waals surface area contributed by atoms with Gasteiger partial charge >= 0.3 is 5.97 Å². The van der Waals surface area contributed by atoms with E-state index in [1.807, 2.05) is 25.1 Å². The number of Topliss-reactive ketones (excluding diaryl/α,β-unsaturated/α-hetero) is 1. The fourth-order valence-electron chi connectivity index (χ4n) is 2.84. The van der Waals surface area contributed by atoms with Crippen LogP contribution in [0, 0.1) is 9.67 Å². The second kappa shape index (κ2) is 8.76. The molecule has 0 saturated heterocycles. The number of carboxylic acids is 1. The monoisotopic (exact) mass is 444 g/mol. The van der Waals surface area contributed by atoms with Crippen molar-refractivity contribution in [2.45, 2.75) is 32.6 Å². The van der Waals surface area contributed by atoms with Gasteiger partial charge in [0, 0.05) is 5.92 Å². The van der Waals surface area contributed by atoms with E-state index in [9.17, 15) is 9.59 Å². The molecule has 0 spiro atoms. The van der Waals surface area contributed by atoms with Crippen molar-refractivity contribution in [1.29, 1.82) is 0 Å². The standard InChI is InChI=1S/C11H11NO2S.C10H9NO3S/c1-6(7(2)13)8-3-4-9-10(5-8)14-11(15)12-9;1-5(9(12)13)6-2-3-7-8(4-6)14-10(15)11-7/h3-6H,1-2H3,(H,12,15);2-5H,1H3,(H,11,15)(H,12,13). The van der Waals surface area contributed by atoms with Crippen LogP contribution >= 0.6 is 24.4 Å². The van der Waals surface area contributed by atoms with Crippen LogP contribution in [0.2, 0.25) is 0 Å². The molecule has 2 aromatic carbocycles. The Morgan fingerprint density at radius 2 is 1.30 bits per heavy atom. The molecule has 0 aliphatic carbocycles. The molecule has 2 unspecified atom stereocenters. The highest BCUT2D eigenvalue weighted by atomic mass is 32.1. The van der Waals surface area contributed by atoms with Gasteiger partial charge in [-0.2, -0.15) is 0 Å². The summed E-state index contributed by atoms with van der Waals surface area (Å²) in [5.41, 5.74) is 4.58. The minimum Gasteiger partial charge on any atom is -0.481 e. The molecule has 0 fully saturated rings. The van der Waals surface area contributed by atoms with Gasteiger partial charge in [0.2, 0.25) is 0 Å². The first-order valence-electron chi connectivity index (χ1n) is 9.14. The summed E-state index contributed by atoms with van der Waals surface area (Å²) in [6, 6.07) is 10.9. The van der Waals surface area contributed by atoms with E-state index in [1.165, 1.54) is 0 Å². The molecule has 4 aromatic rings. The van der Waals surface area contributed by atoms with E-state index in [0.717, 1.165) is 16.6 Å². The lowest BCUT2D eigenvalue weighted by molar-refractivity contribution is -0.138. The minimum atomic E-state index is -0.858. The molecular weight excluding hydrogens is 424 g/mol. The second-order valence-corrected chi connectivity index (χ2v) is 7.67. The minimum absolute atomic E-state index is 0.104. The van der Waals surface area contributed by atoms with Gasteiger partial charge in [-0.3, -0.25) is 9.59 Å². The smallest absolute Gasteiger partial charge is 0.310 e. The van der Waals surface area contributed by atoms with Crippen molar-refractivity contribution >= 4 is 58.4 Å². The third-order valence-corrected chi connectivity index (χ3v) is 5.24. The molecule has 0 radical (unpaired) electrons. The number of carbonyl (C=O) groups excluding carboxylic acids is 1. The number of hydrogen-bond acceptors (Lipinski definition) is 6. The third kappa shape index (κ3) is 4.74. The van der Waals surface area contributed by atoms with Crippen LogP contribution in [0.25, 0.3) is 22.2 Å². The second-order valence-electron chi connectivity index (χ2n) is 6.93. The summed E-state index contributed by atoms with van der Waals surface area (Å²) < 4.78 is 10.5. The lowest BCUT2D eigenvalue weighted by atomic mass is 9.97. The van der Waals surface area contributed by atoms with Crippen molar-refractivity contribution in [3.63, 3.8) is 0 Å². The topological polar surface area (TPSA) is 112 Å². The average molecular weight is 445 g/mol. The summed E-state index contributed by atoms with van der Waals surface area (Å²) in [7, 11) is 0. The number of aromatic amines is 2. The van der Waals surface area contributed by atoms with Gasteiger partial charge in [0.05, 0.1) is 17.0 Å². The van der Waals surface area contributed by atoms with Crippen molar-refractivity contribution in [2.24, 2.45) is 0 Å². The Morgan fingerprint density at radius 1 is 0.867 bits per heavy atom. The molecule has 4 rings (SSSR count). The number of aliphatic carboxylic acids is 1. The molecule has 9 heteroatoms. The third-order valence-electron chi connectivity index (χ3n) is 4.87. The zero-order valence-corrected chi connectivity index (χ0v) is 18.1. The zero-order valence-electron chi connectivity index (χ0n) is 16.5. The van der Waals surface area contributed by atoms with E-state index >= 15 is 0 Å². The zero-order chi connectivity index (χ0) is 22.0. The van der Waals surface area contributed by atoms with Crippen molar-refractivity contribution in [2.75, 3.05) is 0 Å². The van der Waals surface area contributed by atoms with Gasteiger partial charge in [-0.25, -0.2) is 0 Å². The highest BCUT2D eigenvalue weighted by Crippen LogP contribution is 2.22. The maximum Gasteiger partial charge on any atom is 0.310 e. The van der Waals surface area contributed by atoms with Crippen LogP contribution in [0.4, 0.5) is 0 Å². The average Bonchev–Trinajstić information content (AvgIpc) is 3.25. The Bertz CT molecular complexity index is 1240. The normalized spacial score (nSPS) is 12.9. The van der Waals surface area contributed by atoms with Crippen LogP contribution in [0.15, 0.2) is 45.2 Å². The molecule has 2 aromatic heterocycles. The first kappa shape index (κ1) is 21.7. The van der Waals surface area contributed by atoms with Gasteiger partial charge in [0.1, 0.15) is 5.78 Å². The van der Waals surface area contributed by atoms with Gasteiger partial charge in [0.25, 0.3) is 9.67 Å². The molecule has 156 valence electrons. The number of carbonyl (C=O) groups is 2. The highest BCUT2D eigenvalue weighted by molar-refractivity contribution is 7.71. The number of ketones is 1. The summed E-state index contributed by atoms with van der Waals surface area (Å²) in [5, 5.41) is 8.85. The van der Waals surface area contributed by atoms with Crippen LogP contribution in [-0.4, -0.2) is 26.8 Å². The van der Waals surface area contributed by atoms with Gasteiger partial charge in [-0.1, -0.05) is 19.1 Å². The molecule has 0 amide bonds. The van der Waals surface area contributed by atoms with Crippen LogP contribution < -0.4 is 0 Å². The Hall–Kier alpha value is -3.04. The first-order valence-corrected chi connectivity index (χ1v) is 9.96. The SMILES string of the molecule is CC(=O)C(C)c1ccc2[nH]c(=S)oc2c1.CC(C(=O)O)c1ccc2[nH]c(=S)oc2c1. The summed E-state index contributed by atoms with van der Waals surface area (Å²) in [6.45, 7) is 5.09. The number of carboxylic acid groups (broad SMARTS) is 1. The number of rotatable bonds is 4. The van der Waals surface area contributed by atoms with E-state index in [4.69, 9.17) is 38.4 Å². The number of fused-ring (bicyclic) bond motifs is 2. The Balaban J connectivity index is 0.000000171. The predicted molar refractivity (Wildman–Crippen MR) is 118 cm³/mol. The Morgan fingerprint density at radius 3 is 1.70 bits per heavy atom. The van der Waals surface area contributed by atoms with Gasteiger partial charge in [-0.05, 0) is 73.7 Å². The highest BCUT2D eigenvalue weighted by Gasteiger charge is 2.14. The van der Waals surface area contributed by atoms with Crippen LogP contribution in [0.5, 0.6) is 0 Å². The molecule has 0 aliphatic rings. The number of H-pyrrole nitrogens is 2. The Labute approximate surface area is 181 Å². The van der Waals surface area contributed by atoms with Crippen LogP contribution in [0.3, 0.4) is 0 Å². The lowest BCUT2D eigenvalue weighted by Crippen LogP contribution is -2.06. The molecule has 2 heterocycles. The molecule has 7 nitrogen and oxygen atoms in total. The molecule has 2 atom stereocenters.